The molecular weight excluding hydrogens is 254 g/mol. The number of carboxylic acid groups (broad SMARTS) is 1. The molecule has 1 aromatic rings. The van der Waals surface area contributed by atoms with Crippen LogP contribution in [0, 0.1) is 0 Å². The number of hydrogen-bond acceptors (Lipinski definition) is 5. The van der Waals surface area contributed by atoms with Crippen LogP contribution in [0.5, 0.6) is 0 Å². The van der Waals surface area contributed by atoms with Gasteiger partial charge in [-0.1, -0.05) is 0 Å². The third-order valence-corrected chi connectivity index (χ3v) is 3.67. The molecule has 1 amide bonds. The number of carbonyl (C=O) groups excluding carboxylic acids is 1. The lowest BCUT2D eigenvalue weighted by Crippen LogP contribution is -2.47. The number of fused-ring (bicyclic) bond motifs is 1. The minimum atomic E-state index is -1.13. The van der Waals surface area contributed by atoms with Crippen molar-refractivity contribution in [2.45, 2.75) is 10.9 Å². The molecule has 18 heavy (non-hydrogen) atoms. The van der Waals surface area contributed by atoms with Crippen LogP contribution in [0.25, 0.3) is 0 Å². The van der Waals surface area contributed by atoms with Crippen LogP contribution in [0.2, 0.25) is 0 Å². The summed E-state index contributed by atoms with van der Waals surface area (Å²) in [6.45, 7) is -0.0504. The van der Waals surface area contributed by atoms with Crippen LogP contribution in [0.1, 0.15) is 0 Å². The summed E-state index contributed by atoms with van der Waals surface area (Å²) in [6, 6.07) is 4.12. The number of hydrogen-bond donors (Lipinski definition) is 3. The summed E-state index contributed by atoms with van der Waals surface area (Å²) >= 11 is 1.41. The van der Waals surface area contributed by atoms with Gasteiger partial charge in [-0.3, -0.25) is 9.59 Å². The Morgan fingerprint density at radius 2 is 2.28 bits per heavy atom. The number of amides is 1. The van der Waals surface area contributed by atoms with E-state index in [9.17, 15) is 9.59 Å². The van der Waals surface area contributed by atoms with Crippen molar-refractivity contribution >= 4 is 35.0 Å². The number of benzene rings is 1. The zero-order chi connectivity index (χ0) is 13.3. The first kappa shape index (κ1) is 12.7. The van der Waals surface area contributed by atoms with E-state index in [-0.39, 0.29) is 18.2 Å². The third kappa shape index (κ3) is 2.41. The molecule has 0 radical (unpaired) electrons. The topological polar surface area (TPSA) is 110 Å². The van der Waals surface area contributed by atoms with Gasteiger partial charge in [-0.25, -0.2) is 0 Å². The fourth-order valence-electron chi connectivity index (χ4n) is 1.69. The van der Waals surface area contributed by atoms with Crippen LogP contribution in [-0.4, -0.2) is 35.3 Å². The number of nitrogens with zero attached hydrogens (tertiary/aromatic N) is 1. The van der Waals surface area contributed by atoms with E-state index in [1.165, 1.54) is 16.7 Å². The Bertz CT molecular complexity index is 506. The van der Waals surface area contributed by atoms with Crippen LogP contribution in [-0.2, 0) is 9.59 Å². The summed E-state index contributed by atoms with van der Waals surface area (Å²) < 4.78 is 0. The molecule has 1 aliphatic heterocycles. The normalized spacial score (nSPS) is 16.3. The molecule has 1 unspecified atom stereocenters. The van der Waals surface area contributed by atoms with E-state index in [4.69, 9.17) is 16.6 Å². The largest absolute Gasteiger partial charge is 0.480 e. The molecule has 96 valence electrons. The van der Waals surface area contributed by atoms with Gasteiger partial charge in [0.05, 0.1) is 18.0 Å². The highest BCUT2D eigenvalue weighted by Crippen LogP contribution is 2.36. The molecule has 0 aliphatic carbocycles. The smallest absolute Gasteiger partial charge is 0.322 e. The van der Waals surface area contributed by atoms with Gasteiger partial charge in [0, 0.05) is 10.6 Å². The van der Waals surface area contributed by atoms with Gasteiger partial charge in [0.1, 0.15) is 6.04 Å². The molecule has 0 saturated carbocycles. The lowest BCUT2D eigenvalue weighted by Gasteiger charge is -2.30. The standard InChI is InChI=1S/C11H13N3O3S/c12-6-1-2-9-8(3-6)14(10(15)5-18-9)4-7(13)11(16)17/h1-3,7H,4-5,12-13H2,(H,16,17). The van der Waals surface area contributed by atoms with Crippen LogP contribution in [0.4, 0.5) is 11.4 Å². The van der Waals surface area contributed by atoms with Crippen LogP contribution < -0.4 is 16.4 Å². The van der Waals surface area contributed by atoms with Crippen molar-refractivity contribution in [1.82, 2.24) is 0 Å². The van der Waals surface area contributed by atoms with Crippen molar-refractivity contribution in [3.63, 3.8) is 0 Å². The molecule has 0 fully saturated rings. The van der Waals surface area contributed by atoms with Gasteiger partial charge in [0.15, 0.2) is 0 Å². The van der Waals surface area contributed by atoms with E-state index in [1.54, 1.807) is 12.1 Å². The molecule has 1 atom stereocenters. The predicted molar refractivity (Wildman–Crippen MR) is 69.5 cm³/mol. The maximum absolute atomic E-state index is 11.8. The van der Waals surface area contributed by atoms with Crippen molar-refractivity contribution in [2.24, 2.45) is 5.73 Å². The Kier molecular flexibility index (Phi) is 3.44. The summed E-state index contributed by atoms with van der Waals surface area (Å²) in [7, 11) is 0. The average molecular weight is 267 g/mol. The number of nitrogen functional groups attached to an aromatic ring is 1. The zero-order valence-corrected chi connectivity index (χ0v) is 10.3. The highest BCUT2D eigenvalue weighted by Gasteiger charge is 2.28. The Morgan fingerprint density at radius 1 is 1.56 bits per heavy atom. The molecule has 0 spiro atoms. The molecule has 2 rings (SSSR count). The maximum Gasteiger partial charge on any atom is 0.322 e. The summed E-state index contributed by atoms with van der Waals surface area (Å²) in [4.78, 5) is 24.9. The van der Waals surface area contributed by atoms with Crippen molar-refractivity contribution < 1.29 is 14.7 Å². The Morgan fingerprint density at radius 3 is 2.94 bits per heavy atom. The van der Waals surface area contributed by atoms with E-state index in [1.807, 2.05) is 6.07 Å². The fourth-order valence-corrected chi connectivity index (χ4v) is 2.61. The minimum Gasteiger partial charge on any atom is -0.480 e. The van der Waals surface area contributed by atoms with Gasteiger partial charge in [0.25, 0.3) is 0 Å². The highest BCUT2D eigenvalue weighted by molar-refractivity contribution is 8.00. The van der Waals surface area contributed by atoms with Crippen molar-refractivity contribution in [1.29, 1.82) is 0 Å². The zero-order valence-electron chi connectivity index (χ0n) is 9.50. The summed E-state index contributed by atoms with van der Waals surface area (Å²) in [5.41, 5.74) is 12.3. The molecule has 1 aliphatic rings. The van der Waals surface area contributed by atoms with E-state index >= 15 is 0 Å². The molecule has 7 heteroatoms. The van der Waals surface area contributed by atoms with Crippen molar-refractivity contribution in [3.05, 3.63) is 18.2 Å². The lowest BCUT2D eigenvalue weighted by atomic mass is 10.2. The monoisotopic (exact) mass is 267 g/mol. The molecule has 6 nitrogen and oxygen atoms in total. The Balaban J connectivity index is 2.32. The summed E-state index contributed by atoms with van der Waals surface area (Å²) in [5, 5.41) is 8.81. The van der Waals surface area contributed by atoms with Crippen molar-refractivity contribution in [3.8, 4) is 0 Å². The number of carboxylic acids is 1. The molecule has 0 bridgehead atoms. The number of anilines is 2. The molecule has 1 aromatic carbocycles. The van der Waals surface area contributed by atoms with E-state index < -0.39 is 12.0 Å². The van der Waals surface area contributed by atoms with Crippen molar-refractivity contribution in [2.75, 3.05) is 22.9 Å². The van der Waals surface area contributed by atoms with Gasteiger partial charge < -0.3 is 21.5 Å². The lowest BCUT2D eigenvalue weighted by molar-refractivity contribution is -0.138. The Labute approximate surface area is 108 Å². The highest BCUT2D eigenvalue weighted by atomic mass is 32.2. The number of rotatable bonds is 3. The summed E-state index contributed by atoms with van der Waals surface area (Å²) in [5.74, 6) is -1.01. The van der Waals surface area contributed by atoms with E-state index in [0.29, 0.717) is 11.4 Å². The van der Waals surface area contributed by atoms with Gasteiger partial charge in [0.2, 0.25) is 5.91 Å². The first-order valence-electron chi connectivity index (χ1n) is 5.30. The van der Waals surface area contributed by atoms with Gasteiger partial charge in [-0.05, 0) is 18.2 Å². The maximum atomic E-state index is 11.8. The number of thioether (sulfide) groups is 1. The number of carbonyl (C=O) groups is 2. The van der Waals surface area contributed by atoms with Crippen LogP contribution >= 0.6 is 11.8 Å². The van der Waals surface area contributed by atoms with E-state index in [2.05, 4.69) is 0 Å². The summed E-state index contributed by atoms with van der Waals surface area (Å²) in [6.07, 6.45) is 0. The average Bonchev–Trinajstić information content (AvgIpc) is 2.32. The fraction of sp³-hybridized carbons (Fsp3) is 0.273. The van der Waals surface area contributed by atoms with Crippen LogP contribution in [0.3, 0.4) is 0 Å². The second kappa shape index (κ2) is 4.87. The second-order valence-corrected chi connectivity index (χ2v) is 4.98. The number of aliphatic carboxylic acids is 1. The van der Waals surface area contributed by atoms with Gasteiger partial charge in [-0.15, -0.1) is 11.8 Å². The predicted octanol–water partition coefficient (Wildman–Crippen LogP) is 0.119. The molecule has 0 saturated heterocycles. The minimum absolute atomic E-state index is 0.0504. The molecule has 1 heterocycles. The van der Waals surface area contributed by atoms with Gasteiger partial charge >= 0.3 is 5.97 Å². The number of nitrogens with two attached hydrogens (primary N) is 2. The molecule has 0 aromatic heterocycles. The second-order valence-electron chi connectivity index (χ2n) is 3.96. The molecule has 5 N–H and O–H groups in total. The SMILES string of the molecule is Nc1ccc2c(c1)N(CC(N)C(=O)O)C(=O)CS2. The Hall–Kier alpha value is -1.73. The van der Waals surface area contributed by atoms with Gasteiger partial charge in [-0.2, -0.15) is 0 Å². The first-order chi connectivity index (χ1) is 8.49. The van der Waals surface area contributed by atoms with Crippen LogP contribution in [0.15, 0.2) is 23.1 Å². The third-order valence-electron chi connectivity index (χ3n) is 2.62. The van der Waals surface area contributed by atoms with E-state index in [0.717, 1.165) is 4.90 Å². The quantitative estimate of drug-likeness (QED) is 0.671. The first-order valence-corrected chi connectivity index (χ1v) is 6.28. The molecular formula is C11H13N3O3S.